The minimum atomic E-state index is -1.24. The summed E-state index contributed by atoms with van der Waals surface area (Å²) in [7, 11) is 1.30. The van der Waals surface area contributed by atoms with Crippen LogP contribution in [0.25, 0.3) is 0 Å². The van der Waals surface area contributed by atoms with Crippen LogP contribution in [0.1, 0.15) is 64.7 Å². The van der Waals surface area contributed by atoms with Crippen LogP contribution in [-0.2, 0) is 44.5 Å². The van der Waals surface area contributed by atoms with E-state index in [1.807, 2.05) is 6.92 Å². The topological polar surface area (TPSA) is 139 Å². The van der Waals surface area contributed by atoms with Crippen molar-refractivity contribution in [3.8, 4) is 0 Å². The van der Waals surface area contributed by atoms with E-state index in [0.717, 1.165) is 0 Å². The van der Waals surface area contributed by atoms with Crippen molar-refractivity contribution in [3.63, 3.8) is 0 Å². The van der Waals surface area contributed by atoms with Gasteiger partial charge in [-0.3, -0.25) is 19.2 Å². The van der Waals surface area contributed by atoms with E-state index in [2.05, 4.69) is 6.92 Å². The largest absolute Gasteiger partial charge is 0.469 e. The van der Waals surface area contributed by atoms with Crippen molar-refractivity contribution in [2.45, 2.75) is 78.1 Å². The van der Waals surface area contributed by atoms with Crippen LogP contribution in [0.4, 0.5) is 0 Å². The summed E-state index contributed by atoms with van der Waals surface area (Å²) in [6.07, 6.45) is 0.0547. The molecule has 0 aromatic carbocycles. The molecule has 4 rings (SSSR count). The minimum absolute atomic E-state index is 0.102. The Hall–Kier alpha value is -2.88. The number of fused-ring (bicyclic) bond motifs is 4. The van der Waals surface area contributed by atoms with Gasteiger partial charge in [-0.2, -0.15) is 0 Å². The number of ether oxygens (including phenoxy) is 4. The average Bonchev–Trinajstić information content (AvgIpc) is 3.29. The summed E-state index contributed by atoms with van der Waals surface area (Å²) in [6.45, 7) is 7.66. The fourth-order valence-corrected chi connectivity index (χ4v) is 7.71. The number of rotatable bonds is 5. The molecule has 37 heavy (non-hydrogen) atoms. The summed E-state index contributed by atoms with van der Waals surface area (Å²) in [5.41, 5.74) is -0.959. The standard InChI is InChI=1S/C27H36O10/c1-13(28)35-12-27(5)19(36-14(2)29)7-9-26(4)17-11-18-16(8-10-34-18)20(25(32)33-6)21(17)22(31)23(24(26)27)37-15(3)30/h8,10,17,19-24,31H,7,9,11-12H2,1-6H3/t17-,19-,20+,21+,22+,23-,24+,26+,27+/m0/s1. The van der Waals surface area contributed by atoms with E-state index in [9.17, 15) is 24.3 Å². The van der Waals surface area contributed by atoms with Crippen molar-refractivity contribution in [1.82, 2.24) is 0 Å². The van der Waals surface area contributed by atoms with Crippen LogP contribution in [0, 0.1) is 28.6 Å². The van der Waals surface area contributed by atoms with Crippen LogP contribution in [0.3, 0.4) is 0 Å². The first-order valence-electron chi connectivity index (χ1n) is 12.6. The molecule has 1 aromatic rings. The van der Waals surface area contributed by atoms with Gasteiger partial charge in [0.25, 0.3) is 0 Å². The minimum Gasteiger partial charge on any atom is -0.469 e. The van der Waals surface area contributed by atoms with Gasteiger partial charge >= 0.3 is 23.9 Å². The van der Waals surface area contributed by atoms with Gasteiger partial charge < -0.3 is 28.5 Å². The Kier molecular flexibility index (Phi) is 7.18. The van der Waals surface area contributed by atoms with E-state index in [1.54, 1.807) is 6.07 Å². The number of carbonyl (C=O) groups excluding carboxylic acids is 4. The number of aliphatic hydroxyl groups is 1. The first-order chi connectivity index (χ1) is 17.3. The van der Waals surface area contributed by atoms with Crippen LogP contribution < -0.4 is 0 Å². The van der Waals surface area contributed by atoms with Gasteiger partial charge in [-0.25, -0.2) is 0 Å². The molecule has 0 radical (unpaired) electrons. The van der Waals surface area contributed by atoms with Gasteiger partial charge in [-0.05, 0) is 30.2 Å². The molecule has 1 aromatic heterocycles. The number of hydrogen-bond donors (Lipinski definition) is 1. The highest BCUT2D eigenvalue weighted by Crippen LogP contribution is 2.66. The molecule has 1 heterocycles. The molecule has 10 nitrogen and oxygen atoms in total. The van der Waals surface area contributed by atoms with Crippen molar-refractivity contribution < 1.29 is 47.6 Å². The smallest absolute Gasteiger partial charge is 0.313 e. The molecule has 0 unspecified atom stereocenters. The fraction of sp³-hybridized carbons (Fsp3) is 0.704. The number of esters is 4. The van der Waals surface area contributed by atoms with Gasteiger partial charge in [0.05, 0.1) is 25.4 Å². The Labute approximate surface area is 215 Å². The van der Waals surface area contributed by atoms with Crippen molar-refractivity contribution in [2.24, 2.45) is 28.6 Å². The Bertz CT molecular complexity index is 1080. The monoisotopic (exact) mass is 520 g/mol. The number of hydrogen-bond acceptors (Lipinski definition) is 10. The molecule has 10 heteroatoms. The Morgan fingerprint density at radius 3 is 2.35 bits per heavy atom. The molecule has 2 saturated carbocycles. The maximum Gasteiger partial charge on any atom is 0.313 e. The van der Waals surface area contributed by atoms with Crippen LogP contribution in [-0.4, -0.2) is 61.0 Å². The van der Waals surface area contributed by atoms with E-state index in [0.29, 0.717) is 30.6 Å². The highest BCUT2D eigenvalue weighted by Gasteiger charge is 2.69. The third-order valence-corrected chi connectivity index (χ3v) is 9.03. The normalized spacial score (nSPS) is 38.3. The second kappa shape index (κ2) is 9.78. The van der Waals surface area contributed by atoms with E-state index >= 15 is 0 Å². The maximum absolute atomic E-state index is 13.1. The van der Waals surface area contributed by atoms with Gasteiger partial charge in [-0.15, -0.1) is 0 Å². The van der Waals surface area contributed by atoms with E-state index in [4.69, 9.17) is 23.4 Å². The molecular weight excluding hydrogens is 484 g/mol. The summed E-state index contributed by atoms with van der Waals surface area (Å²) in [5, 5.41) is 11.9. The number of furan rings is 1. The lowest BCUT2D eigenvalue weighted by molar-refractivity contribution is -0.261. The third-order valence-electron chi connectivity index (χ3n) is 9.03. The second-order valence-corrected chi connectivity index (χ2v) is 11.2. The van der Waals surface area contributed by atoms with E-state index in [1.165, 1.54) is 34.1 Å². The molecule has 0 amide bonds. The Morgan fingerprint density at radius 2 is 1.76 bits per heavy atom. The average molecular weight is 521 g/mol. The lowest BCUT2D eigenvalue weighted by atomic mass is 9.41. The van der Waals surface area contributed by atoms with Crippen molar-refractivity contribution in [1.29, 1.82) is 0 Å². The number of aliphatic hydroxyl groups excluding tert-OH is 1. The lowest BCUT2D eigenvalue weighted by Gasteiger charge is -2.65. The summed E-state index contributed by atoms with van der Waals surface area (Å²) < 4.78 is 28.0. The third kappa shape index (κ3) is 4.43. The first-order valence-corrected chi connectivity index (χ1v) is 12.6. The van der Waals surface area contributed by atoms with Crippen LogP contribution in [0.5, 0.6) is 0 Å². The molecule has 0 bridgehead atoms. The van der Waals surface area contributed by atoms with E-state index < -0.39 is 70.8 Å². The predicted octanol–water partition coefficient (Wildman–Crippen LogP) is 2.55. The molecule has 2 fully saturated rings. The summed E-state index contributed by atoms with van der Waals surface area (Å²) in [5.74, 6) is -3.70. The zero-order chi connectivity index (χ0) is 27.3. The van der Waals surface area contributed by atoms with Crippen LogP contribution in [0.2, 0.25) is 0 Å². The predicted molar refractivity (Wildman–Crippen MR) is 127 cm³/mol. The van der Waals surface area contributed by atoms with Gasteiger partial charge in [0.2, 0.25) is 0 Å². The highest BCUT2D eigenvalue weighted by atomic mass is 16.6. The van der Waals surface area contributed by atoms with Gasteiger partial charge in [0.15, 0.2) is 0 Å². The lowest BCUT2D eigenvalue weighted by Crippen LogP contribution is -2.70. The molecule has 0 spiro atoms. The van der Waals surface area contributed by atoms with E-state index in [-0.39, 0.29) is 12.5 Å². The molecule has 1 N–H and O–H groups in total. The Morgan fingerprint density at radius 1 is 1.08 bits per heavy atom. The first kappa shape index (κ1) is 27.2. The second-order valence-electron chi connectivity index (χ2n) is 11.2. The van der Waals surface area contributed by atoms with Crippen LogP contribution >= 0.6 is 0 Å². The maximum atomic E-state index is 13.1. The van der Waals surface area contributed by atoms with Gasteiger partial charge in [0, 0.05) is 50.0 Å². The molecular formula is C27H36O10. The molecule has 204 valence electrons. The summed E-state index contributed by atoms with van der Waals surface area (Å²) >= 11 is 0. The SMILES string of the molecule is COC(=O)[C@@H]1c2ccoc2C[C@H]2[C@H]1[C@@H](O)[C@H](OC(C)=O)[C@H]1[C@](C)(COC(C)=O)[C@@H](OC(C)=O)CC[C@@]12C. The fourth-order valence-electron chi connectivity index (χ4n) is 7.71. The summed E-state index contributed by atoms with van der Waals surface area (Å²) in [4.78, 5) is 49.4. The zero-order valence-corrected chi connectivity index (χ0v) is 22.1. The van der Waals surface area contributed by atoms with Crippen molar-refractivity contribution >= 4 is 23.9 Å². The zero-order valence-electron chi connectivity index (χ0n) is 22.1. The Balaban J connectivity index is 1.90. The van der Waals surface area contributed by atoms with Crippen LogP contribution in [0.15, 0.2) is 16.7 Å². The summed E-state index contributed by atoms with van der Waals surface area (Å²) in [6, 6.07) is 1.72. The molecule has 0 saturated heterocycles. The molecule has 3 aliphatic rings. The quantitative estimate of drug-likeness (QED) is 0.455. The van der Waals surface area contributed by atoms with Gasteiger partial charge in [-0.1, -0.05) is 13.8 Å². The highest BCUT2D eigenvalue weighted by molar-refractivity contribution is 5.79. The number of methoxy groups -OCH3 is 1. The van der Waals surface area contributed by atoms with Crippen molar-refractivity contribution in [3.05, 3.63) is 23.7 Å². The number of carbonyl (C=O) groups is 4. The molecule has 0 aliphatic heterocycles. The van der Waals surface area contributed by atoms with Gasteiger partial charge in [0.1, 0.15) is 24.6 Å². The molecule has 9 atom stereocenters. The van der Waals surface area contributed by atoms with Crippen molar-refractivity contribution in [2.75, 3.05) is 13.7 Å². The molecule has 3 aliphatic carbocycles.